The minimum absolute atomic E-state index is 0.00373. The van der Waals surface area contributed by atoms with Gasteiger partial charge in [0.2, 0.25) is 11.6 Å². The molecular weight excluding hydrogens is 462 g/mol. The zero-order valence-corrected chi connectivity index (χ0v) is 20.7. The lowest BCUT2D eigenvalue weighted by Gasteiger charge is -2.34. The van der Waals surface area contributed by atoms with Gasteiger partial charge in [0.15, 0.2) is 17.9 Å². The van der Waals surface area contributed by atoms with E-state index in [9.17, 15) is 19.5 Å². The maximum Gasteiger partial charge on any atom is 0.311 e. The third kappa shape index (κ3) is 5.32. The van der Waals surface area contributed by atoms with Crippen LogP contribution in [0.5, 0.6) is 0 Å². The van der Waals surface area contributed by atoms with Crippen LogP contribution in [0.3, 0.4) is 0 Å². The third-order valence-corrected chi connectivity index (χ3v) is 7.17. The summed E-state index contributed by atoms with van der Waals surface area (Å²) >= 11 is 0. The number of carbonyl (C=O) groups excluding carboxylic acids is 3. The van der Waals surface area contributed by atoms with E-state index >= 15 is 8.78 Å². The molecule has 7 nitrogen and oxygen atoms in total. The number of aliphatic hydroxyl groups is 1. The van der Waals surface area contributed by atoms with Crippen molar-refractivity contribution in [2.75, 3.05) is 0 Å². The summed E-state index contributed by atoms with van der Waals surface area (Å²) in [4.78, 5) is 39.2. The van der Waals surface area contributed by atoms with E-state index in [1.165, 1.54) is 13.8 Å². The molecule has 0 spiro atoms. The van der Waals surface area contributed by atoms with Crippen molar-refractivity contribution in [3.63, 3.8) is 0 Å². The fraction of sp³-hybridized carbons (Fsp3) is 0.654. The van der Waals surface area contributed by atoms with Crippen LogP contribution in [0.4, 0.5) is 8.78 Å². The maximum absolute atomic E-state index is 15.8. The van der Waals surface area contributed by atoms with Gasteiger partial charge < -0.3 is 19.3 Å². The number of ketones is 2. The van der Waals surface area contributed by atoms with E-state index in [0.29, 0.717) is 5.56 Å². The molecule has 1 aromatic carbocycles. The molecular formula is C26H34F2O7. The van der Waals surface area contributed by atoms with Crippen LogP contribution in [0.15, 0.2) is 30.3 Å². The highest BCUT2D eigenvalue weighted by atomic mass is 19.1. The van der Waals surface area contributed by atoms with Crippen molar-refractivity contribution in [1.82, 2.24) is 0 Å². The maximum atomic E-state index is 15.8. The number of esters is 1. The van der Waals surface area contributed by atoms with Crippen molar-refractivity contribution < 1.29 is 42.5 Å². The number of hydrogen-bond acceptors (Lipinski definition) is 7. The monoisotopic (exact) mass is 496 g/mol. The first-order valence-electron chi connectivity index (χ1n) is 12.0. The van der Waals surface area contributed by atoms with Gasteiger partial charge in [-0.05, 0) is 45.1 Å². The Hall–Kier alpha value is -2.23. The van der Waals surface area contributed by atoms with E-state index in [2.05, 4.69) is 0 Å². The molecule has 2 fully saturated rings. The number of halogens is 2. The molecule has 0 radical (unpaired) electrons. The van der Waals surface area contributed by atoms with E-state index in [-0.39, 0.29) is 19.4 Å². The average Bonchev–Trinajstić information content (AvgIpc) is 3.15. The van der Waals surface area contributed by atoms with Gasteiger partial charge in [-0.2, -0.15) is 0 Å². The quantitative estimate of drug-likeness (QED) is 0.639. The molecule has 2 aliphatic heterocycles. The minimum atomic E-state index is -2.36. The van der Waals surface area contributed by atoms with Gasteiger partial charge in [-0.15, -0.1) is 0 Å². The number of fused-ring (bicyclic) bond motifs is 2. The Bertz CT molecular complexity index is 937. The van der Waals surface area contributed by atoms with Crippen LogP contribution in [0.2, 0.25) is 0 Å². The number of alkyl halides is 2. The van der Waals surface area contributed by atoms with Gasteiger partial charge in [0.05, 0.1) is 18.6 Å². The van der Waals surface area contributed by atoms with E-state index in [1.54, 1.807) is 44.2 Å². The molecule has 0 aromatic heterocycles. The SMILES string of the molecule is CC[C@H]1OC(=O)[C@H](C)[C@@H](OCc2ccccc2)[C@@H](F)C(=O)[C@@]2(C)C[C@@H](C)C(O2)[C@@H](F)C(=O)[C@]1(C)O. The Morgan fingerprint density at radius 1 is 1.06 bits per heavy atom. The number of hydrogen-bond donors (Lipinski definition) is 1. The topological polar surface area (TPSA) is 99.1 Å². The molecule has 35 heavy (non-hydrogen) atoms. The predicted octanol–water partition coefficient (Wildman–Crippen LogP) is 3.29. The van der Waals surface area contributed by atoms with Gasteiger partial charge >= 0.3 is 5.97 Å². The van der Waals surface area contributed by atoms with Crippen LogP contribution in [-0.4, -0.2) is 64.5 Å². The second kappa shape index (κ2) is 10.4. The van der Waals surface area contributed by atoms with E-state index in [0.717, 1.165) is 6.92 Å². The summed E-state index contributed by atoms with van der Waals surface area (Å²) in [6.07, 6.45) is -8.92. The van der Waals surface area contributed by atoms with E-state index < -0.39 is 71.2 Å². The molecule has 9 atom stereocenters. The number of Topliss-reactive ketones (excluding diaryl/α,β-unsaturated/α-hetero) is 2. The normalized spacial score (nSPS) is 41.0. The Morgan fingerprint density at radius 3 is 2.29 bits per heavy atom. The third-order valence-electron chi connectivity index (χ3n) is 7.17. The first-order valence-corrected chi connectivity index (χ1v) is 12.0. The summed E-state index contributed by atoms with van der Waals surface area (Å²) in [5.74, 6) is -5.08. The molecule has 2 bridgehead atoms. The summed E-state index contributed by atoms with van der Waals surface area (Å²) in [6.45, 7) is 6.86. The van der Waals surface area contributed by atoms with Gasteiger partial charge in [-0.3, -0.25) is 14.4 Å². The Morgan fingerprint density at radius 2 is 1.69 bits per heavy atom. The van der Waals surface area contributed by atoms with E-state index in [4.69, 9.17) is 14.2 Å². The van der Waals surface area contributed by atoms with Gasteiger partial charge in [0, 0.05) is 0 Å². The predicted molar refractivity (Wildman–Crippen MR) is 122 cm³/mol. The minimum Gasteiger partial charge on any atom is -0.459 e. The summed E-state index contributed by atoms with van der Waals surface area (Å²) in [7, 11) is 0. The van der Waals surface area contributed by atoms with Gasteiger partial charge in [0.25, 0.3) is 0 Å². The number of rotatable bonds is 4. The van der Waals surface area contributed by atoms with Crippen LogP contribution in [-0.2, 0) is 35.2 Å². The molecule has 2 saturated heterocycles. The zero-order valence-electron chi connectivity index (χ0n) is 20.7. The molecule has 0 amide bonds. The first-order chi connectivity index (χ1) is 16.3. The van der Waals surface area contributed by atoms with Gasteiger partial charge in [0.1, 0.15) is 17.8 Å². The number of carbonyl (C=O) groups is 3. The number of cyclic esters (lactones) is 1. The highest BCUT2D eigenvalue weighted by Gasteiger charge is 2.57. The first kappa shape index (κ1) is 27.4. The van der Waals surface area contributed by atoms with Crippen molar-refractivity contribution in [3.8, 4) is 0 Å². The molecule has 0 aliphatic carbocycles. The molecule has 0 saturated carbocycles. The lowest BCUT2D eigenvalue weighted by molar-refractivity contribution is -0.181. The summed E-state index contributed by atoms with van der Waals surface area (Å²) in [5.41, 5.74) is -3.40. The van der Waals surface area contributed by atoms with Crippen LogP contribution in [0, 0.1) is 11.8 Å². The molecule has 1 unspecified atom stereocenters. The van der Waals surface area contributed by atoms with Gasteiger partial charge in [-0.25, -0.2) is 8.78 Å². The number of ether oxygens (including phenoxy) is 3. The second-order valence-electron chi connectivity index (χ2n) is 10.1. The molecule has 9 heteroatoms. The second-order valence-corrected chi connectivity index (χ2v) is 10.1. The van der Waals surface area contributed by atoms with Crippen LogP contribution in [0.25, 0.3) is 0 Å². The highest BCUT2D eigenvalue weighted by Crippen LogP contribution is 2.41. The molecule has 2 heterocycles. The lowest BCUT2D eigenvalue weighted by atomic mass is 9.82. The van der Waals surface area contributed by atoms with Crippen molar-refractivity contribution in [2.45, 2.75) is 95.9 Å². The largest absolute Gasteiger partial charge is 0.459 e. The lowest BCUT2D eigenvalue weighted by Crippen LogP contribution is -2.55. The summed E-state index contributed by atoms with van der Waals surface area (Å²) < 4.78 is 48.0. The zero-order chi connectivity index (χ0) is 26.1. The van der Waals surface area contributed by atoms with Gasteiger partial charge in [-0.1, -0.05) is 44.2 Å². The standard InChI is InChI=1S/C26H34F2O7/c1-6-17-26(5,32)23(30)18(27)20-14(2)12-25(4,35-20)22(29)19(28)21(15(3)24(31)34-17)33-13-16-10-8-7-9-11-16/h7-11,14-15,17-21,32H,6,12-13H2,1-5H3/t14-,15-,17-,18-,19-,20?,21-,25-,26-/m1/s1. The Balaban J connectivity index is 2.02. The van der Waals surface area contributed by atoms with Crippen LogP contribution < -0.4 is 0 Å². The van der Waals surface area contributed by atoms with Crippen LogP contribution in [0.1, 0.15) is 53.0 Å². The fourth-order valence-corrected chi connectivity index (χ4v) is 4.96. The summed E-state index contributed by atoms with van der Waals surface area (Å²) in [6, 6.07) is 8.85. The molecule has 3 rings (SSSR count). The molecule has 1 N–H and O–H groups in total. The highest BCUT2D eigenvalue weighted by molar-refractivity contribution is 5.94. The molecule has 2 aliphatic rings. The Kier molecular flexibility index (Phi) is 8.13. The Labute approximate surface area is 204 Å². The molecule has 1 aromatic rings. The van der Waals surface area contributed by atoms with Crippen molar-refractivity contribution in [2.24, 2.45) is 11.8 Å². The fourth-order valence-electron chi connectivity index (χ4n) is 4.96. The van der Waals surface area contributed by atoms with Crippen molar-refractivity contribution >= 4 is 17.5 Å². The van der Waals surface area contributed by atoms with E-state index in [1.807, 2.05) is 0 Å². The van der Waals surface area contributed by atoms with Crippen LogP contribution >= 0.6 is 0 Å². The molecule has 194 valence electrons. The van der Waals surface area contributed by atoms with Crippen molar-refractivity contribution in [3.05, 3.63) is 35.9 Å². The van der Waals surface area contributed by atoms with Crippen molar-refractivity contribution in [1.29, 1.82) is 0 Å². The number of benzene rings is 1. The summed E-state index contributed by atoms with van der Waals surface area (Å²) in [5, 5.41) is 10.9. The smallest absolute Gasteiger partial charge is 0.311 e. The average molecular weight is 497 g/mol.